The maximum Gasteiger partial charge on any atom is 0.345 e. The molecule has 20 heavy (non-hydrogen) atoms. The van der Waals surface area contributed by atoms with Crippen molar-refractivity contribution in [3.63, 3.8) is 0 Å². The summed E-state index contributed by atoms with van der Waals surface area (Å²) in [7, 11) is -2.05. The molecule has 0 atom stereocenters. The van der Waals surface area contributed by atoms with E-state index in [1.54, 1.807) is 24.1 Å². The lowest BCUT2D eigenvalue weighted by Crippen LogP contribution is -2.23. The van der Waals surface area contributed by atoms with Gasteiger partial charge in [-0.25, -0.2) is 17.9 Å². The van der Waals surface area contributed by atoms with E-state index in [9.17, 15) is 13.2 Å². The molecule has 7 nitrogen and oxygen atoms in total. The summed E-state index contributed by atoms with van der Waals surface area (Å²) in [5.41, 5.74) is 0.709. The minimum Gasteiger partial charge on any atom is -0.477 e. The number of aromatic carboxylic acids is 1. The van der Waals surface area contributed by atoms with E-state index in [1.165, 1.54) is 0 Å². The van der Waals surface area contributed by atoms with Gasteiger partial charge in [0.2, 0.25) is 10.0 Å². The lowest BCUT2D eigenvalue weighted by Gasteiger charge is -2.03. The Bertz CT molecular complexity index is 750. The van der Waals surface area contributed by atoms with Crippen molar-refractivity contribution in [3.05, 3.63) is 32.7 Å². The van der Waals surface area contributed by atoms with E-state index in [-0.39, 0.29) is 20.1 Å². The van der Waals surface area contributed by atoms with Gasteiger partial charge < -0.3 is 5.11 Å². The lowest BCUT2D eigenvalue weighted by molar-refractivity contribution is 0.0702. The van der Waals surface area contributed by atoms with Crippen LogP contribution in [0.5, 0.6) is 0 Å². The highest BCUT2D eigenvalue weighted by Gasteiger charge is 2.23. The molecular weight excluding hydrogens is 370 g/mol. The molecule has 2 N–H and O–H groups in total. The van der Waals surface area contributed by atoms with Crippen molar-refractivity contribution in [2.75, 3.05) is 0 Å². The zero-order valence-electron chi connectivity index (χ0n) is 10.2. The van der Waals surface area contributed by atoms with E-state index in [0.29, 0.717) is 5.56 Å². The van der Waals surface area contributed by atoms with Gasteiger partial charge >= 0.3 is 5.97 Å². The first-order valence-electron chi connectivity index (χ1n) is 5.29. The topological polar surface area (TPSA) is 101 Å². The molecule has 10 heteroatoms. The molecule has 108 valence electrons. The first-order chi connectivity index (χ1) is 9.29. The smallest absolute Gasteiger partial charge is 0.345 e. The van der Waals surface area contributed by atoms with Crippen LogP contribution in [0, 0.1) is 0 Å². The Hall–Kier alpha value is -1.23. The third-order valence-corrected chi connectivity index (χ3v) is 6.02. The van der Waals surface area contributed by atoms with Gasteiger partial charge in [-0.1, -0.05) is 0 Å². The van der Waals surface area contributed by atoms with Crippen LogP contribution >= 0.6 is 27.3 Å². The van der Waals surface area contributed by atoms with Gasteiger partial charge in [-0.3, -0.25) is 4.68 Å². The molecule has 0 spiro atoms. The molecule has 0 saturated heterocycles. The molecule has 0 fully saturated rings. The predicted molar refractivity (Wildman–Crippen MR) is 76.2 cm³/mol. The van der Waals surface area contributed by atoms with Crippen molar-refractivity contribution in [1.82, 2.24) is 14.5 Å². The molecule has 0 aliphatic carbocycles. The molecule has 0 amide bonds. The van der Waals surface area contributed by atoms with E-state index in [2.05, 4.69) is 25.8 Å². The van der Waals surface area contributed by atoms with Crippen LogP contribution in [-0.2, 0) is 23.6 Å². The zero-order chi connectivity index (χ0) is 14.9. The van der Waals surface area contributed by atoms with E-state index in [4.69, 9.17) is 5.11 Å². The molecule has 2 rings (SSSR count). The first kappa shape index (κ1) is 15.2. The van der Waals surface area contributed by atoms with E-state index >= 15 is 0 Å². The molecule has 0 unspecified atom stereocenters. The highest BCUT2D eigenvalue weighted by atomic mass is 79.9. The number of halogens is 1. The monoisotopic (exact) mass is 379 g/mol. The zero-order valence-corrected chi connectivity index (χ0v) is 13.4. The number of nitrogens with zero attached hydrogens (tertiary/aromatic N) is 2. The highest BCUT2D eigenvalue weighted by Crippen LogP contribution is 2.31. The summed E-state index contributed by atoms with van der Waals surface area (Å²) < 4.78 is 28.4. The minimum absolute atomic E-state index is 0.0429. The second-order valence-corrected chi connectivity index (χ2v) is 8.01. The molecular formula is C10H10BrN3O4S2. The molecule has 0 radical (unpaired) electrons. The summed E-state index contributed by atoms with van der Waals surface area (Å²) in [5.74, 6) is -1.16. The molecule has 0 saturated carbocycles. The van der Waals surface area contributed by atoms with Crippen molar-refractivity contribution in [2.45, 2.75) is 11.4 Å². The first-order valence-corrected chi connectivity index (χ1v) is 8.38. The maximum absolute atomic E-state index is 12.1. The summed E-state index contributed by atoms with van der Waals surface area (Å²) in [6.07, 6.45) is 3.24. The van der Waals surface area contributed by atoms with E-state index < -0.39 is 16.0 Å². The Morgan fingerprint density at radius 2 is 2.30 bits per heavy atom. The van der Waals surface area contributed by atoms with Crippen LogP contribution in [0.25, 0.3) is 0 Å². The summed E-state index contributed by atoms with van der Waals surface area (Å²) in [6, 6.07) is 1.13. The SMILES string of the molecule is Cn1cc(CNS(=O)(=O)c2cc(C(=O)O)sc2Br)cn1. The van der Waals surface area contributed by atoms with Crippen LogP contribution in [0.15, 0.2) is 27.1 Å². The number of carbonyl (C=O) groups is 1. The highest BCUT2D eigenvalue weighted by molar-refractivity contribution is 9.11. The lowest BCUT2D eigenvalue weighted by atomic mass is 10.4. The Balaban J connectivity index is 2.20. The van der Waals surface area contributed by atoms with Crippen LogP contribution < -0.4 is 4.72 Å². The van der Waals surface area contributed by atoms with Crippen LogP contribution in [0.2, 0.25) is 0 Å². The van der Waals surface area contributed by atoms with Gasteiger partial charge in [0, 0.05) is 25.4 Å². The molecule has 0 aliphatic rings. The number of aryl methyl sites for hydroxylation is 1. The summed E-state index contributed by atoms with van der Waals surface area (Å²) >= 11 is 3.93. The molecule has 0 aliphatic heterocycles. The number of carboxylic acids is 1. The summed E-state index contributed by atoms with van der Waals surface area (Å²) in [5, 5.41) is 12.8. The maximum atomic E-state index is 12.1. The number of thiophene rings is 1. The third kappa shape index (κ3) is 3.26. The third-order valence-electron chi connectivity index (χ3n) is 2.38. The molecule has 0 bridgehead atoms. The molecule has 2 heterocycles. The van der Waals surface area contributed by atoms with E-state index in [0.717, 1.165) is 17.4 Å². The van der Waals surface area contributed by atoms with Crippen molar-refractivity contribution in [3.8, 4) is 0 Å². The predicted octanol–water partition coefficient (Wildman–Crippen LogP) is 1.42. The van der Waals surface area contributed by atoms with Crippen molar-refractivity contribution < 1.29 is 18.3 Å². The fourth-order valence-electron chi connectivity index (χ4n) is 1.46. The van der Waals surface area contributed by atoms with Gasteiger partial charge in [-0.15, -0.1) is 11.3 Å². The molecule has 0 aromatic carbocycles. The molecule has 2 aromatic rings. The Morgan fingerprint density at radius 1 is 1.60 bits per heavy atom. The number of carboxylic acid groups (broad SMARTS) is 1. The van der Waals surface area contributed by atoms with Crippen LogP contribution in [0.1, 0.15) is 15.2 Å². The minimum atomic E-state index is -3.78. The average molecular weight is 380 g/mol. The van der Waals surface area contributed by atoms with Crippen LogP contribution in [0.3, 0.4) is 0 Å². The van der Waals surface area contributed by atoms with Crippen LogP contribution in [0.4, 0.5) is 0 Å². The standard InChI is InChI=1S/C10H10BrN3O4S2/c1-14-5-6(3-12-14)4-13-20(17,18)8-2-7(10(15)16)19-9(8)11/h2-3,5,13H,4H2,1H3,(H,15,16). The van der Waals surface area contributed by atoms with Crippen molar-refractivity contribution >= 4 is 43.3 Å². The van der Waals surface area contributed by atoms with Gasteiger partial charge in [0.05, 0.1) is 9.98 Å². The number of hydrogen-bond donors (Lipinski definition) is 2. The summed E-state index contributed by atoms with van der Waals surface area (Å²) in [6.45, 7) is 0.0842. The fraction of sp³-hybridized carbons (Fsp3) is 0.200. The van der Waals surface area contributed by atoms with Gasteiger partial charge in [-0.05, 0) is 22.0 Å². The largest absolute Gasteiger partial charge is 0.477 e. The molecule has 2 aromatic heterocycles. The van der Waals surface area contributed by atoms with Gasteiger partial charge in [0.15, 0.2) is 0 Å². The second kappa shape index (κ2) is 5.64. The number of hydrogen-bond acceptors (Lipinski definition) is 5. The van der Waals surface area contributed by atoms with Crippen LogP contribution in [-0.4, -0.2) is 29.3 Å². The van der Waals surface area contributed by atoms with Crippen molar-refractivity contribution in [1.29, 1.82) is 0 Å². The summed E-state index contributed by atoms with van der Waals surface area (Å²) in [4.78, 5) is 10.7. The Labute approximate surface area is 127 Å². The van der Waals surface area contributed by atoms with E-state index in [1.807, 2.05) is 0 Å². The van der Waals surface area contributed by atoms with Gasteiger partial charge in [0.25, 0.3) is 0 Å². The second-order valence-electron chi connectivity index (χ2n) is 3.90. The number of rotatable bonds is 5. The van der Waals surface area contributed by atoms with Gasteiger partial charge in [0.1, 0.15) is 9.77 Å². The van der Waals surface area contributed by atoms with Gasteiger partial charge in [-0.2, -0.15) is 5.10 Å². The average Bonchev–Trinajstić information content (AvgIpc) is 2.93. The fourth-order valence-corrected chi connectivity index (χ4v) is 4.88. The van der Waals surface area contributed by atoms with Crippen molar-refractivity contribution in [2.24, 2.45) is 7.05 Å². The normalized spacial score (nSPS) is 11.7. The Morgan fingerprint density at radius 3 is 2.80 bits per heavy atom. The quantitative estimate of drug-likeness (QED) is 0.817. The number of aromatic nitrogens is 2. The number of nitrogens with one attached hydrogen (secondary N) is 1. The Kier molecular flexibility index (Phi) is 4.28. The number of sulfonamides is 1.